The van der Waals surface area contributed by atoms with Crippen molar-refractivity contribution in [3.05, 3.63) is 40.3 Å². The Labute approximate surface area is 122 Å². The molecule has 1 aliphatic heterocycles. The second-order valence-corrected chi connectivity index (χ2v) is 5.87. The first-order valence-corrected chi connectivity index (χ1v) is 7.17. The number of amidine groups is 1. The molecule has 1 heterocycles. The van der Waals surface area contributed by atoms with E-state index in [4.69, 9.17) is 0 Å². The Morgan fingerprint density at radius 3 is 2.50 bits per heavy atom. The first kappa shape index (κ1) is 14.5. The summed E-state index contributed by atoms with van der Waals surface area (Å²) in [5.41, 5.74) is 2.21. The smallest absolute Gasteiger partial charge is 0.286 e. The van der Waals surface area contributed by atoms with Crippen LogP contribution in [0.2, 0.25) is 0 Å². The molecule has 0 saturated carbocycles. The van der Waals surface area contributed by atoms with Crippen molar-refractivity contribution in [2.24, 2.45) is 4.99 Å². The van der Waals surface area contributed by atoms with E-state index in [0.29, 0.717) is 16.0 Å². The number of rotatable bonds is 2. The fraction of sp³-hybridized carbons (Fsp3) is 0.267. The van der Waals surface area contributed by atoms with E-state index in [1.165, 1.54) is 24.2 Å². The third-order valence-electron chi connectivity index (χ3n) is 2.80. The van der Waals surface area contributed by atoms with Gasteiger partial charge in [-0.2, -0.15) is 4.99 Å². The lowest BCUT2D eigenvalue weighted by Crippen LogP contribution is -2.23. The Balaban J connectivity index is 2.13. The molecule has 0 spiro atoms. The van der Waals surface area contributed by atoms with Gasteiger partial charge in [-0.3, -0.25) is 9.59 Å². The third kappa shape index (κ3) is 3.57. The lowest BCUT2D eigenvalue weighted by Gasteiger charge is -2.05. The van der Waals surface area contributed by atoms with Crippen LogP contribution in [0.4, 0.5) is 0 Å². The van der Waals surface area contributed by atoms with E-state index in [1.807, 2.05) is 12.1 Å². The highest BCUT2D eigenvalue weighted by molar-refractivity contribution is 8.18. The number of carbonyl (C=O) groups is 2. The average Bonchev–Trinajstić information content (AvgIpc) is 2.69. The summed E-state index contributed by atoms with van der Waals surface area (Å²) in [6.07, 6.45) is 1.79. The summed E-state index contributed by atoms with van der Waals surface area (Å²) in [5.74, 6) is -0.0628. The molecule has 0 atom stereocenters. The second kappa shape index (κ2) is 6.05. The molecule has 0 radical (unpaired) electrons. The van der Waals surface area contributed by atoms with Gasteiger partial charge in [-0.15, -0.1) is 0 Å². The second-order valence-electron chi connectivity index (χ2n) is 4.84. The van der Waals surface area contributed by atoms with Crippen LogP contribution in [0.3, 0.4) is 0 Å². The van der Waals surface area contributed by atoms with E-state index in [9.17, 15) is 9.59 Å². The predicted octanol–water partition coefficient (Wildman–Crippen LogP) is 2.92. The van der Waals surface area contributed by atoms with Crippen LogP contribution in [0.5, 0.6) is 0 Å². The Kier molecular flexibility index (Phi) is 4.39. The van der Waals surface area contributed by atoms with Crippen molar-refractivity contribution >= 4 is 34.8 Å². The molecule has 1 N–H and O–H groups in total. The van der Waals surface area contributed by atoms with E-state index >= 15 is 0 Å². The Morgan fingerprint density at radius 1 is 1.30 bits per heavy atom. The van der Waals surface area contributed by atoms with Crippen LogP contribution < -0.4 is 5.32 Å². The maximum atomic E-state index is 11.7. The molecular formula is C15H16N2O2S. The Bertz CT molecular complexity index is 601. The zero-order chi connectivity index (χ0) is 14.7. The maximum absolute atomic E-state index is 11.7. The Hall–Kier alpha value is -1.88. The number of thioether (sulfide) groups is 1. The lowest BCUT2D eigenvalue weighted by atomic mass is 10.0. The summed E-state index contributed by atoms with van der Waals surface area (Å²) in [6.45, 7) is 5.66. The fourth-order valence-electron chi connectivity index (χ4n) is 1.74. The number of amides is 2. The van der Waals surface area contributed by atoms with Gasteiger partial charge in [-0.05, 0) is 34.9 Å². The molecule has 0 unspecified atom stereocenters. The van der Waals surface area contributed by atoms with Crippen LogP contribution in [0, 0.1) is 0 Å². The van der Waals surface area contributed by atoms with Gasteiger partial charge in [0.2, 0.25) is 5.91 Å². The zero-order valence-corrected chi connectivity index (χ0v) is 12.5. The monoisotopic (exact) mass is 288 g/mol. The molecule has 1 aromatic rings. The van der Waals surface area contributed by atoms with Gasteiger partial charge < -0.3 is 5.32 Å². The van der Waals surface area contributed by atoms with Crippen LogP contribution in [0.1, 0.15) is 37.8 Å². The van der Waals surface area contributed by atoms with E-state index in [0.717, 1.165) is 5.56 Å². The van der Waals surface area contributed by atoms with Crippen LogP contribution in [0.15, 0.2) is 34.2 Å². The molecule has 2 rings (SSSR count). The number of hydrogen-bond donors (Lipinski definition) is 1. The highest BCUT2D eigenvalue weighted by Gasteiger charge is 2.22. The van der Waals surface area contributed by atoms with Crippen molar-refractivity contribution in [3.63, 3.8) is 0 Å². The van der Waals surface area contributed by atoms with E-state index in [-0.39, 0.29) is 11.8 Å². The molecule has 0 saturated heterocycles. The average molecular weight is 288 g/mol. The van der Waals surface area contributed by atoms with Gasteiger partial charge in [-0.25, -0.2) is 0 Å². The van der Waals surface area contributed by atoms with Crippen molar-refractivity contribution < 1.29 is 9.59 Å². The summed E-state index contributed by atoms with van der Waals surface area (Å²) in [5, 5.41) is 2.86. The van der Waals surface area contributed by atoms with Gasteiger partial charge >= 0.3 is 0 Å². The van der Waals surface area contributed by atoms with Crippen molar-refractivity contribution in [1.82, 2.24) is 5.32 Å². The topological polar surface area (TPSA) is 58.5 Å². The fourth-order valence-corrected chi connectivity index (χ4v) is 2.60. The summed E-state index contributed by atoms with van der Waals surface area (Å²) >= 11 is 1.18. The maximum Gasteiger partial charge on any atom is 0.286 e. The normalized spacial score (nSPS) is 16.7. The molecule has 4 nitrogen and oxygen atoms in total. The van der Waals surface area contributed by atoms with Gasteiger partial charge in [0.15, 0.2) is 5.17 Å². The van der Waals surface area contributed by atoms with Crippen molar-refractivity contribution in [2.75, 3.05) is 0 Å². The lowest BCUT2D eigenvalue weighted by molar-refractivity contribution is -0.117. The summed E-state index contributed by atoms with van der Waals surface area (Å²) in [6, 6.07) is 8.06. The number of nitrogens with zero attached hydrogens (tertiary/aromatic N) is 1. The molecule has 1 aromatic carbocycles. The highest BCUT2D eigenvalue weighted by Crippen LogP contribution is 2.27. The van der Waals surface area contributed by atoms with Crippen molar-refractivity contribution in [3.8, 4) is 0 Å². The number of aliphatic imine (C=N–C) groups is 1. The van der Waals surface area contributed by atoms with Crippen LogP contribution in [-0.4, -0.2) is 17.0 Å². The van der Waals surface area contributed by atoms with Crippen molar-refractivity contribution in [2.45, 2.75) is 26.7 Å². The van der Waals surface area contributed by atoms with Crippen LogP contribution >= 0.6 is 11.8 Å². The summed E-state index contributed by atoms with van der Waals surface area (Å²) in [7, 11) is 0. The van der Waals surface area contributed by atoms with Gasteiger partial charge in [0.05, 0.1) is 4.91 Å². The quantitative estimate of drug-likeness (QED) is 0.851. The molecule has 2 amide bonds. The molecule has 0 bridgehead atoms. The SMILES string of the molecule is CC(=O)NC1=NC(=O)/C(=C/c2ccc(C(C)C)cc2)S1. The molecule has 1 aliphatic rings. The van der Waals surface area contributed by atoms with Crippen molar-refractivity contribution in [1.29, 1.82) is 0 Å². The largest absolute Gasteiger partial charge is 0.305 e. The summed E-state index contributed by atoms with van der Waals surface area (Å²) in [4.78, 5) is 27.0. The van der Waals surface area contributed by atoms with E-state index in [2.05, 4.69) is 36.3 Å². The number of carbonyl (C=O) groups excluding carboxylic acids is 2. The molecule has 0 aromatic heterocycles. The van der Waals surface area contributed by atoms with Gasteiger partial charge in [0, 0.05) is 6.92 Å². The number of benzene rings is 1. The van der Waals surface area contributed by atoms with Gasteiger partial charge in [0.25, 0.3) is 5.91 Å². The molecule has 0 fully saturated rings. The molecule has 0 aliphatic carbocycles. The predicted molar refractivity (Wildman–Crippen MR) is 82.4 cm³/mol. The summed E-state index contributed by atoms with van der Waals surface area (Å²) < 4.78 is 0. The number of hydrogen-bond acceptors (Lipinski definition) is 3. The first-order chi connectivity index (χ1) is 9.45. The van der Waals surface area contributed by atoms with Crippen LogP contribution in [-0.2, 0) is 9.59 Å². The minimum atomic E-state index is -0.313. The van der Waals surface area contributed by atoms with Crippen LogP contribution in [0.25, 0.3) is 6.08 Å². The molecular weight excluding hydrogens is 272 g/mol. The van der Waals surface area contributed by atoms with Gasteiger partial charge in [-0.1, -0.05) is 38.1 Å². The number of nitrogens with one attached hydrogen (secondary N) is 1. The van der Waals surface area contributed by atoms with E-state index < -0.39 is 0 Å². The standard InChI is InChI=1S/C15H16N2O2S/c1-9(2)12-6-4-11(5-7-12)8-13-14(19)17-15(20-13)16-10(3)18/h4-9H,1-3H3,(H,16,17,18,19)/b13-8-. The zero-order valence-electron chi connectivity index (χ0n) is 11.6. The minimum Gasteiger partial charge on any atom is -0.305 e. The van der Waals surface area contributed by atoms with E-state index in [1.54, 1.807) is 6.08 Å². The first-order valence-electron chi connectivity index (χ1n) is 6.36. The minimum absolute atomic E-state index is 0.230. The molecule has 5 heteroatoms. The molecule has 104 valence electrons. The highest BCUT2D eigenvalue weighted by atomic mass is 32.2. The molecule has 20 heavy (non-hydrogen) atoms. The van der Waals surface area contributed by atoms with Gasteiger partial charge in [0.1, 0.15) is 0 Å². The third-order valence-corrected chi connectivity index (χ3v) is 3.70. The Morgan fingerprint density at radius 2 is 1.95 bits per heavy atom.